The van der Waals surface area contributed by atoms with Crippen molar-refractivity contribution in [3.05, 3.63) is 296 Å². The van der Waals surface area contributed by atoms with Crippen molar-refractivity contribution in [3.63, 3.8) is 0 Å². The van der Waals surface area contributed by atoms with E-state index < -0.39 is 0 Å². The van der Waals surface area contributed by atoms with Crippen LogP contribution in [-0.4, -0.2) is 27.4 Å². The highest BCUT2D eigenvalue weighted by Crippen LogP contribution is 2.48. The first-order valence-corrected chi connectivity index (χ1v) is 29.7. The van der Waals surface area contributed by atoms with Crippen LogP contribution in [0.3, 0.4) is 0 Å². The van der Waals surface area contributed by atoms with Gasteiger partial charge in [0.25, 0.3) is 0 Å². The van der Waals surface area contributed by atoms with Crippen LogP contribution in [0.5, 0.6) is 0 Å². The van der Waals surface area contributed by atoms with Crippen LogP contribution >= 0.6 is 0 Å². The van der Waals surface area contributed by atoms with Gasteiger partial charge < -0.3 is 27.4 Å². The van der Waals surface area contributed by atoms with Crippen molar-refractivity contribution in [2.75, 3.05) is 0 Å². The minimum Gasteiger partial charge on any atom is -0.317 e. The Morgan fingerprint density at radius 1 is 0.250 bits per heavy atom. The molecule has 406 valence electrons. The molecule has 13 aromatic carbocycles. The van der Waals surface area contributed by atoms with Gasteiger partial charge in [0.05, 0.1) is 101 Å². The van der Waals surface area contributed by atoms with E-state index in [9.17, 15) is 11.8 Å². The lowest BCUT2D eigenvalue weighted by Gasteiger charge is -2.19. The summed E-state index contributed by atoms with van der Waals surface area (Å²) in [5.74, 6) is 0. The topological polar surface area (TPSA) is 57.7 Å². The molecular formula is C80H46N8. The molecule has 0 atom stereocenters. The van der Waals surface area contributed by atoms with Crippen LogP contribution in [-0.2, 0) is 0 Å². The predicted octanol–water partition coefficient (Wildman–Crippen LogP) is 20.7. The first-order valence-electron chi connectivity index (χ1n) is 29.7. The zero-order valence-corrected chi connectivity index (χ0v) is 47.1. The van der Waals surface area contributed by atoms with Crippen LogP contribution < -0.4 is 0 Å². The number of benzene rings is 13. The van der Waals surface area contributed by atoms with Crippen LogP contribution in [0.25, 0.3) is 170 Å². The fraction of sp³-hybridized carbons (Fsp3) is 0. The smallest absolute Gasteiger partial charge is 0.212 e. The molecule has 8 heteroatoms. The SMILES string of the molecule is [C-]#[N+]c1cc(-n2c3cc4c5ccccc5n(-c5ccccc5)c4cc3c3cccc(-n4c5ccccc5c5ccccc54)c32)c(C#N)cc1-n1c2cc3c4ccccc4n(-c4ccccc4)c3cc2c2cccc(-n3c4ccccc4c4ccccc43)c21. The standard InChI is InChI=1S/C80H46N8/c1-82-64-47-73(87-76-43-60-56-30-12-14-34-65(56)83(50-22-4-2-5-23-50)74(60)45-62(76)58-32-20-40-71(79(58)87)85-67-36-16-8-26-52(67)53-27-9-17-37-68(53)85)49(48-81)42-78(64)88-77-44-61-57-31-13-15-35-66(57)84(51-24-6-3-7-25-51)75(61)46-63(77)59-33-21-41-72(80(59)88)86-69-38-18-10-28-54(69)55-29-11-19-39-70(55)86/h2-47H. The Hall–Kier alpha value is -12.4. The van der Waals surface area contributed by atoms with Gasteiger partial charge in [-0.2, -0.15) is 5.26 Å². The normalized spacial score (nSPS) is 12.1. The molecule has 0 amide bonds. The Labute approximate surface area is 502 Å². The van der Waals surface area contributed by atoms with Crippen molar-refractivity contribution in [1.29, 1.82) is 5.26 Å². The van der Waals surface area contributed by atoms with Crippen LogP contribution in [0.1, 0.15) is 5.56 Å². The first kappa shape index (κ1) is 48.1. The minimum absolute atomic E-state index is 0.405. The summed E-state index contributed by atoms with van der Waals surface area (Å²) < 4.78 is 14.1. The van der Waals surface area contributed by atoms with Gasteiger partial charge in [0.15, 0.2) is 0 Å². The van der Waals surface area contributed by atoms with E-state index in [4.69, 9.17) is 0 Å². The van der Waals surface area contributed by atoms with Gasteiger partial charge in [-0.25, -0.2) is 4.85 Å². The van der Waals surface area contributed by atoms with E-state index in [1.54, 1.807) is 0 Å². The van der Waals surface area contributed by atoms with Gasteiger partial charge in [-0.05, 0) is 109 Å². The third-order valence-corrected chi connectivity index (χ3v) is 18.6. The molecule has 8 nitrogen and oxygen atoms in total. The van der Waals surface area contributed by atoms with Gasteiger partial charge in [-0.3, -0.25) is 0 Å². The molecule has 6 aromatic heterocycles. The molecule has 0 spiro atoms. The Morgan fingerprint density at radius 2 is 0.557 bits per heavy atom. The van der Waals surface area contributed by atoms with Crippen molar-refractivity contribution in [3.8, 4) is 40.2 Å². The van der Waals surface area contributed by atoms with Crippen LogP contribution in [0.4, 0.5) is 5.69 Å². The van der Waals surface area contributed by atoms with E-state index in [1.807, 2.05) is 12.1 Å². The van der Waals surface area contributed by atoms with Gasteiger partial charge in [0.1, 0.15) is 6.07 Å². The Morgan fingerprint density at radius 3 is 0.932 bits per heavy atom. The molecule has 19 aromatic rings. The second kappa shape index (κ2) is 18.1. The summed E-state index contributed by atoms with van der Waals surface area (Å²) in [4.78, 5) is 4.56. The lowest BCUT2D eigenvalue weighted by Crippen LogP contribution is -2.05. The quantitative estimate of drug-likeness (QED) is 0.153. The highest BCUT2D eigenvalue weighted by Gasteiger charge is 2.28. The van der Waals surface area contributed by atoms with E-state index in [1.165, 1.54) is 0 Å². The Bertz CT molecular complexity index is 5830. The molecule has 0 saturated carbocycles. The third kappa shape index (κ3) is 6.44. The van der Waals surface area contributed by atoms with Crippen molar-refractivity contribution >= 4 is 137 Å². The second-order valence-corrected chi connectivity index (χ2v) is 23.0. The Balaban J connectivity index is 0.962. The molecule has 6 heterocycles. The number of aromatic nitrogens is 6. The highest BCUT2D eigenvalue weighted by atomic mass is 15.1. The lowest BCUT2D eigenvalue weighted by atomic mass is 10.1. The van der Waals surface area contributed by atoms with Crippen molar-refractivity contribution in [2.45, 2.75) is 0 Å². The van der Waals surface area contributed by atoms with E-state index in [0.717, 1.165) is 154 Å². The maximum atomic E-state index is 12.1. The number of hydrogen-bond acceptors (Lipinski definition) is 1. The summed E-state index contributed by atoms with van der Waals surface area (Å²) in [6.45, 7) is 9.45. The van der Waals surface area contributed by atoms with Crippen LogP contribution in [0, 0.1) is 17.9 Å². The summed E-state index contributed by atoms with van der Waals surface area (Å²) in [7, 11) is 0. The average Bonchev–Trinajstić information content (AvgIpc) is 1.59. The fourth-order valence-electron chi connectivity index (χ4n) is 15.1. The molecule has 0 radical (unpaired) electrons. The third-order valence-electron chi connectivity index (χ3n) is 18.6. The maximum Gasteiger partial charge on any atom is 0.212 e. The molecule has 0 saturated heterocycles. The van der Waals surface area contributed by atoms with Gasteiger partial charge in [0.2, 0.25) is 5.69 Å². The molecule has 0 N–H and O–H groups in total. The molecule has 0 aliphatic heterocycles. The number of para-hydroxylation sites is 10. The van der Waals surface area contributed by atoms with E-state index >= 15 is 0 Å². The molecule has 0 aliphatic rings. The molecule has 0 bridgehead atoms. The van der Waals surface area contributed by atoms with Crippen molar-refractivity contribution in [2.24, 2.45) is 0 Å². The molecule has 0 unspecified atom stereocenters. The summed E-state index contributed by atoms with van der Waals surface area (Å²) >= 11 is 0. The van der Waals surface area contributed by atoms with Gasteiger partial charge in [-0.1, -0.05) is 170 Å². The zero-order valence-electron chi connectivity index (χ0n) is 47.1. The largest absolute Gasteiger partial charge is 0.317 e. The summed E-state index contributed by atoms with van der Waals surface area (Å²) in [6, 6.07) is 102. The molecule has 0 aliphatic carbocycles. The minimum atomic E-state index is 0.405. The van der Waals surface area contributed by atoms with E-state index in [0.29, 0.717) is 22.6 Å². The second-order valence-electron chi connectivity index (χ2n) is 23.0. The number of fused-ring (bicyclic) bond motifs is 18. The van der Waals surface area contributed by atoms with Gasteiger partial charge in [-0.15, -0.1) is 0 Å². The van der Waals surface area contributed by atoms with Crippen molar-refractivity contribution < 1.29 is 0 Å². The summed E-state index contributed by atoms with van der Waals surface area (Å²) in [5.41, 5.74) is 18.5. The number of hydrogen-bond donors (Lipinski definition) is 0. The highest BCUT2D eigenvalue weighted by molar-refractivity contribution is 6.23. The summed E-state index contributed by atoms with van der Waals surface area (Å²) in [5, 5.41) is 25.2. The molecule has 19 rings (SSSR count). The average molecular weight is 1120 g/mol. The molecular weight excluding hydrogens is 1070 g/mol. The van der Waals surface area contributed by atoms with Gasteiger partial charge in [0, 0.05) is 76.0 Å². The zero-order chi connectivity index (χ0) is 57.9. The number of nitriles is 1. The first-order chi connectivity index (χ1) is 43.6. The fourth-order valence-corrected chi connectivity index (χ4v) is 15.1. The summed E-state index contributed by atoms with van der Waals surface area (Å²) in [6.07, 6.45) is 0. The molecule has 0 fully saturated rings. The van der Waals surface area contributed by atoms with Gasteiger partial charge >= 0.3 is 0 Å². The molecule has 88 heavy (non-hydrogen) atoms. The monoisotopic (exact) mass is 1120 g/mol. The Kier molecular flexibility index (Phi) is 9.87. The predicted molar refractivity (Wildman–Crippen MR) is 363 cm³/mol. The number of nitrogens with zero attached hydrogens (tertiary/aromatic N) is 8. The van der Waals surface area contributed by atoms with E-state index in [-0.39, 0.29) is 0 Å². The lowest BCUT2D eigenvalue weighted by molar-refractivity contribution is 1.11. The number of rotatable bonds is 6. The maximum absolute atomic E-state index is 12.1. The van der Waals surface area contributed by atoms with E-state index in [2.05, 4.69) is 305 Å². The van der Waals surface area contributed by atoms with Crippen LogP contribution in [0.15, 0.2) is 279 Å². The van der Waals surface area contributed by atoms with Crippen molar-refractivity contribution in [1.82, 2.24) is 27.4 Å². The van der Waals surface area contributed by atoms with Crippen LogP contribution in [0.2, 0.25) is 0 Å².